The van der Waals surface area contributed by atoms with Gasteiger partial charge in [0.25, 0.3) is 0 Å². The molecule has 452 valence electrons. The van der Waals surface area contributed by atoms with E-state index in [4.69, 9.17) is 23.7 Å². The van der Waals surface area contributed by atoms with Crippen molar-refractivity contribution >= 4 is 35.4 Å². The highest BCUT2D eigenvalue weighted by atomic mass is 19.1. The number of aliphatic hydroxyl groups is 1. The molecule has 0 spiro atoms. The largest absolute Gasteiger partial charge is 0.494 e. The number of ether oxygens (including phenoxy) is 5. The first-order valence-electron chi connectivity index (χ1n) is 30.3. The molecule has 4 fully saturated rings. The van der Waals surface area contributed by atoms with Gasteiger partial charge in [0, 0.05) is 58.2 Å². The number of morpholine rings is 1. The van der Waals surface area contributed by atoms with Gasteiger partial charge in [-0.05, 0) is 161 Å². The molecule has 3 aromatic carbocycles. The summed E-state index contributed by atoms with van der Waals surface area (Å²) < 4.78 is 44.0. The van der Waals surface area contributed by atoms with Crippen LogP contribution in [-0.4, -0.2) is 178 Å². The molecule has 0 saturated carbocycles. The molecule has 4 bridgehead atoms. The van der Waals surface area contributed by atoms with E-state index in [1.165, 1.54) is 12.1 Å². The van der Waals surface area contributed by atoms with Crippen LogP contribution in [0.4, 0.5) is 4.39 Å². The van der Waals surface area contributed by atoms with Crippen molar-refractivity contribution in [3.8, 4) is 11.5 Å². The van der Waals surface area contributed by atoms with Crippen LogP contribution < -0.4 is 41.4 Å². The zero-order valence-corrected chi connectivity index (χ0v) is 47.8. The van der Waals surface area contributed by atoms with Gasteiger partial charge in [-0.3, -0.25) is 38.6 Å². The van der Waals surface area contributed by atoms with Gasteiger partial charge in [0.15, 0.2) is 0 Å². The number of nitrogens with zero attached hydrogens (tertiary/aromatic N) is 2. The van der Waals surface area contributed by atoms with E-state index < -0.39 is 60.1 Å². The van der Waals surface area contributed by atoms with Crippen LogP contribution in [0.1, 0.15) is 118 Å². The molecule has 9 atom stereocenters. The van der Waals surface area contributed by atoms with Crippen molar-refractivity contribution in [1.82, 2.24) is 41.7 Å². The molecule has 7 N–H and O–H groups in total. The van der Waals surface area contributed by atoms with Gasteiger partial charge in [-0.2, -0.15) is 0 Å². The number of carbonyl (C=O) groups is 6. The first kappa shape index (κ1) is 61.3. The maximum absolute atomic E-state index is 14.5. The van der Waals surface area contributed by atoms with Gasteiger partial charge in [0.2, 0.25) is 35.4 Å². The Bertz CT molecular complexity index is 2640. The first-order valence-corrected chi connectivity index (χ1v) is 30.3. The van der Waals surface area contributed by atoms with E-state index >= 15 is 0 Å². The molecule has 21 heteroatoms. The Kier molecular flexibility index (Phi) is 23.0. The summed E-state index contributed by atoms with van der Waals surface area (Å²) >= 11 is 0. The fourth-order valence-electron chi connectivity index (χ4n) is 12.0. The van der Waals surface area contributed by atoms with Gasteiger partial charge in [-0.1, -0.05) is 30.3 Å². The van der Waals surface area contributed by atoms with Crippen molar-refractivity contribution in [1.29, 1.82) is 0 Å². The van der Waals surface area contributed by atoms with Gasteiger partial charge in [-0.15, -0.1) is 0 Å². The molecule has 2 unspecified atom stereocenters. The number of benzene rings is 3. The Morgan fingerprint density at radius 2 is 1.34 bits per heavy atom. The quantitative estimate of drug-likeness (QED) is 0.122. The third-order valence-corrected chi connectivity index (χ3v) is 16.8. The average molecular weight is 1150 g/mol. The minimum atomic E-state index is -1.06. The number of hydrogen-bond donors (Lipinski definition) is 7. The number of halogens is 1. The van der Waals surface area contributed by atoms with Crippen LogP contribution in [0.3, 0.4) is 0 Å². The Labute approximate surface area is 486 Å². The molecule has 83 heavy (non-hydrogen) atoms. The van der Waals surface area contributed by atoms with E-state index in [0.717, 1.165) is 48.2 Å². The summed E-state index contributed by atoms with van der Waals surface area (Å²) in [6.07, 6.45) is 6.97. The molecule has 9 rings (SSSR count). The predicted octanol–water partition coefficient (Wildman–Crippen LogP) is 3.49. The smallest absolute Gasteiger partial charge is 0.243 e. The van der Waals surface area contributed by atoms with Crippen molar-refractivity contribution in [2.45, 2.75) is 164 Å². The second-order valence-corrected chi connectivity index (χ2v) is 23.1. The zero-order chi connectivity index (χ0) is 57.9. The third kappa shape index (κ3) is 18.6. The maximum atomic E-state index is 14.5. The molecule has 0 aliphatic carbocycles. The van der Waals surface area contributed by atoms with E-state index in [1.54, 1.807) is 17.0 Å². The molecule has 0 aromatic heterocycles. The van der Waals surface area contributed by atoms with Gasteiger partial charge >= 0.3 is 0 Å². The Morgan fingerprint density at radius 1 is 0.639 bits per heavy atom. The highest BCUT2D eigenvalue weighted by molar-refractivity contribution is 5.94. The molecule has 6 amide bonds. The van der Waals surface area contributed by atoms with Gasteiger partial charge in [-0.25, -0.2) is 4.39 Å². The molecule has 6 aliphatic rings. The minimum absolute atomic E-state index is 0.0621. The summed E-state index contributed by atoms with van der Waals surface area (Å²) in [5.41, 5.74) is 3.47. The van der Waals surface area contributed by atoms with E-state index in [1.807, 2.05) is 36.4 Å². The van der Waals surface area contributed by atoms with E-state index in [0.29, 0.717) is 148 Å². The van der Waals surface area contributed by atoms with Crippen molar-refractivity contribution in [2.24, 2.45) is 0 Å². The van der Waals surface area contributed by atoms with Gasteiger partial charge < -0.3 is 60.7 Å². The molecule has 20 nitrogen and oxygen atoms in total. The summed E-state index contributed by atoms with van der Waals surface area (Å²) in [6, 6.07) is 15.1. The summed E-state index contributed by atoms with van der Waals surface area (Å²) in [7, 11) is 0. The third-order valence-electron chi connectivity index (χ3n) is 16.8. The topological polar surface area (TPSA) is 247 Å². The highest BCUT2D eigenvalue weighted by Gasteiger charge is 2.37. The number of aliphatic hydroxyl groups excluding tert-OH is 1. The van der Waals surface area contributed by atoms with Crippen molar-refractivity contribution in [3.05, 3.63) is 94.8 Å². The lowest BCUT2D eigenvalue weighted by atomic mass is 9.93. The normalized spacial score (nSPS) is 27.7. The first-order chi connectivity index (χ1) is 40.4. The van der Waals surface area contributed by atoms with Crippen LogP contribution in [0, 0.1) is 5.82 Å². The summed E-state index contributed by atoms with van der Waals surface area (Å²) in [6.45, 7) is 6.02. The lowest BCUT2D eigenvalue weighted by molar-refractivity contribution is -0.135. The molecular weight excluding hydrogens is 1070 g/mol. The van der Waals surface area contributed by atoms with Gasteiger partial charge in [0.1, 0.15) is 47.7 Å². The molecule has 3 aromatic rings. The van der Waals surface area contributed by atoms with E-state index in [2.05, 4.69) is 42.9 Å². The van der Waals surface area contributed by atoms with Crippen molar-refractivity contribution in [3.63, 3.8) is 0 Å². The minimum Gasteiger partial charge on any atom is -0.494 e. The van der Waals surface area contributed by atoms with Crippen LogP contribution in [-0.2, 0) is 62.2 Å². The summed E-state index contributed by atoms with van der Waals surface area (Å²) in [5, 5.41) is 29.0. The number of amides is 6. The van der Waals surface area contributed by atoms with Crippen LogP contribution >= 0.6 is 0 Å². The summed E-state index contributed by atoms with van der Waals surface area (Å²) in [5.74, 6) is -1.50. The number of nitrogens with one attached hydrogen (secondary N) is 6. The van der Waals surface area contributed by atoms with Crippen LogP contribution in [0.15, 0.2) is 66.7 Å². The van der Waals surface area contributed by atoms with Crippen LogP contribution in [0.25, 0.3) is 0 Å². The van der Waals surface area contributed by atoms with Crippen LogP contribution in [0.2, 0.25) is 0 Å². The lowest BCUT2D eigenvalue weighted by Gasteiger charge is -2.31. The number of aryl methyl sites for hydroxylation is 2. The number of carbonyl (C=O) groups excluding carboxylic acids is 6. The Morgan fingerprint density at radius 3 is 2.04 bits per heavy atom. The average Bonchev–Trinajstić information content (AvgIpc) is 4.46. The monoisotopic (exact) mass is 1150 g/mol. The number of fused-ring (bicyclic) bond motifs is 4. The highest BCUT2D eigenvalue weighted by Crippen LogP contribution is 2.33. The molecule has 0 radical (unpaired) electrons. The molecule has 4 saturated heterocycles. The van der Waals surface area contributed by atoms with Crippen molar-refractivity contribution in [2.75, 3.05) is 78.9 Å². The second-order valence-electron chi connectivity index (χ2n) is 23.1. The number of rotatable bonds is 14. The van der Waals surface area contributed by atoms with Gasteiger partial charge in [0.05, 0.1) is 51.3 Å². The van der Waals surface area contributed by atoms with E-state index in [-0.39, 0.29) is 61.6 Å². The number of likely N-dealkylation sites (tertiary alicyclic amines) is 1. The fourth-order valence-corrected chi connectivity index (χ4v) is 12.0. The maximum Gasteiger partial charge on any atom is 0.243 e. The number of hydrogen-bond acceptors (Lipinski definition) is 14. The SMILES string of the molecule is O=C1CCc2cc(cc(C3CO[C@@H](CNC(=O)[C@@H]4CCCCOc5cccc(c5)C[C@H](N5CCCC5O)C(=O)N[C@@H](CCc5ccc(F)cc5)C(=O)N4)C3)c2)OCCCC[C@@H](C(=O)NC[C@@H]2CCCO2)NC(=O)[C@H](CCN2CCOCC2)N1. The standard InChI is InChI=1S/C62H85FN8O12/c63-46-18-14-41(15-19-46)16-20-53-60(76)67-52(11-1-3-27-80-47-9-5-8-42(33-47)35-55(62(78)69-53)71-23-6-13-57(71)73)59(75)65-39-50-37-45(40-83-50)44-32-43-17-21-56(72)66-54(22-24-70-25-30-79-31-26-70)61(77)68-51(12-2-4-28-82-49(34-43)36-44)58(74)64-38-48-10-7-29-81-48/h5,8-9,14-15,18-19,32-34,36,45,48,50-55,57,73H,1-4,6-7,10-13,16-17,20-31,35,37-40H2,(H,64,74)(H,65,75)(H,66,72)(H,67,76)(H,68,77)(H,69,78)/t45?,48-,50+,51-,52-,53-,54-,55-,57?/m0/s1. The Balaban J connectivity index is 0.854. The van der Waals surface area contributed by atoms with Crippen LogP contribution in [0.5, 0.6) is 11.5 Å². The summed E-state index contributed by atoms with van der Waals surface area (Å²) in [4.78, 5) is 88.6. The molecule has 6 heterocycles. The molecule has 6 aliphatic heterocycles. The fraction of sp³-hybridized carbons (Fsp3) is 0.613. The Hall–Kier alpha value is -6.23. The molecular formula is C62H85FN8O12. The lowest BCUT2D eigenvalue weighted by Crippen LogP contribution is -2.58. The predicted molar refractivity (Wildman–Crippen MR) is 306 cm³/mol. The van der Waals surface area contributed by atoms with Crippen molar-refractivity contribution < 1.29 is 61.9 Å². The van der Waals surface area contributed by atoms with E-state index in [9.17, 15) is 38.3 Å². The zero-order valence-electron chi connectivity index (χ0n) is 47.8. The second kappa shape index (κ2) is 31.1.